The van der Waals surface area contributed by atoms with Crippen molar-refractivity contribution in [1.29, 1.82) is 0 Å². The third-order valence-corrected chi connectivity index (χ3v) is 5.13. The van der Waals surface area contributed by atoms with E-state index in [1.165, 1.54) is 11.1 Å². The van der Waals surface area contributed by atoms with Gasteiger partial charge in [0.2, 0.25) is 0 Å². The summed E-state index contributed by atoms with van der Waals surface area (Å²) in [5, 5.41) is 9.70. The number of piperidine rings is 1. The number of hydrogen-bond acceptors (Lipinski definition) is 3. The molecule has 1 aliphatic heterocycles. The molecule has 2 atom stereocenters. The highest BCUT2D eigenvalue weighted by Crippen LogP contribution is 2.31. The molecule has 2 heterocycles. The summed E-state index contributed by atoms with van der Waals surface area (Å²) in [6, 6.07) is 14.2. The van der Waals surface area contributed by atoms with Crippen LogP contribution < -0.4 is 0 Å². The van der Waals surface area contributed by atoms with Crippen LogP contribution in [0.3, 0.4) is 0 Å². The molecule has 132 valence electrons. The molecule has 4 nitrogen and oxygen atoms in total. The van der Waals surface area contributed by atoms with Gasteiger partial charge in [-0.25, -0.2) is 0 Å². The zero-order chi connectivity index (χ0) is 17.6. The van der Waals surface area contributed by atoms with Gasteiger partial charge in [0.15, 0.2) is 0 Å². The Hall–Kier alpha value is -2.20. The van der Waals surface area contributed by atoms with E-state index in [2.05, 4.69) is 41.1 Å². The van der Waals surface area contributed by atoms with Gasteiger partial charge in [-0.1, -0.05) is 43.7 Å². The van der Waals surface area contributed by atoms with Crippen molar-refractivity contribution in [1.82, 2.24) is 9.88 Å². The second-order valence-corrected chi connectivity index (χ2v) is 6.72. The first-order valence-electron chi connectivity index (χ1n) is 9.16. The van der Waals surface area contributed by atoms with Crippen LogP contribution in [-0.4, -0.2) is 33.5 Å². The molecule has 0 radical (unpaired) electrons. The summed E-state index contributed by atoms with van der Waals surface area (Å²) < 4.78 is 0. The van der Waals surface area contributed by atoms with Gasteiger partial charge in [0.1, 0.15) is 6.04 Å². The second kappa shape index (κ2) is 8.26. The summed E-state index contributed by atoms with van der Waals surface area (Å²) >= 11 is 0. The lowest BCUT2D eigenvalue weighted by atomic mass is 9.93. The van der Waals surface area contributed by atoms with Gasteiger partial charge in [-0.2, -0.15) is 0 Å². The topological polar surface area (TPSA) is 53.4 Å². The molecule has 0 saturated carbocycles. The molecule has 0 aliphatic carbocycles. The van der Waals surface area contributed by atoms with Crippen LogP contribution in [0.2, 0.25) is 0 Å². The average molecular weight is 338 g/mol. The maximum absolute atomic E-state index is 11.8. The SMILES string of the molecule is CCc1ccc(C(Cc2ccccn2)N2CCCCC2C(=O)O)cc1. The number of likely N-dealkylation sites (tertiary alicyclic amines) is 1. The van der Waals surface area contributed by atoms with E-state index in [1.54, 1.807) is 6.20 Å². The zero-order valence-electron chi connectivity index (χ0n) is 14.8. The van der Waals surface area contributed by atoms with E-state index in [0.29, 0.717) is 0 Å². The Morgan fingerprint density at radius 3 is 2.68 bits per heavy atom. The molecule has 1 aromatic heterocycles. The van der Waals surface area contributed by atoms with Crippen molar-refractivity contribution in [3.05, 3.63) is 65.5 Å². The van der Waals surface area contributed by atoms with Gasteiger partial charge in [-0.3, -0.25) is 14.7 Å². The molecule has 0 spiro atoms. The lowest BCUT2D eigenvalue weighted by Gasteiger charge is -2.39. The van der Waals surface area contributed by atoms with Crippen molar-refractivity contribution in [2.45, 2.75) is 51.1 Å². The normalized spacial score (nSPS) is 19.5. The van der Waals surface area contributed by atoms with Crippen LogP contribution >= 0.6 is 0 Å². The molecule has 1 saturated heterocycles. The van der Waals surface area contributed by atoms with Crippen LogP contribution in [0.4, 0.5) is 0 Å². The smallest absolute Gasteiger partial charge is 0.320 e. The number of pyridine rings is 1. The highest BCUT2D eigenvalue weighted by molar-refractivity contribution is 5.73. The first-order valence-corrected chi connectivity index (χ1v) is 9.16. The van der Waals surface area contributed by atoms with E-state index in [4.69, 9.17) is 0 Å². The molecule has 4 heteroatoms. The number of aliphatic carboxylic acids is 1. The minimum absolute atomic E-state index is 0.0437. The predicted octanol–water partition coefficient (Wildman–Crippen LogP) is 3.87. The fraction of sp³-hybridized carbons (Fsp3) is 0.429. The number of nitrogens with zero attached hydrogens (tertiary/aromatic N) is 2. The number of aromatic nitrogens is 1. The third kappa shape index (κ3) is 4.26. The van der Waals surface area contributed by atoms with Crippen LogP contribution in [0.1, 0.15) is 49.0 Å². The summed E-state index contributed by atoms with van der Waals surface area (Å²) in [5.41, 5.74) is 3.48. The number of carbonyl (C=O) groups is 1. The Labute approximate surface area is 149 Å². The Morgan fingerprint density at radius 1 is 1.24 bits per heavy atom. The van der Waals surface area contributed by atoms with E-state index in [9.17, 15) is 9.90 Å². The van der Waals surface area contributed by atoms with Crippen LogP contribution in [-0.2, 0) is 17.6 Å². The van der Waals surface area contributed by atoms with E-state index in [1.807, 2.05) is 18.2 Å². The van der Waals surface area contributed by atoms with Gasteiger partial charge in [0.25, 0.3) is 0 Å². The van der Waals surface area contributed by atoms with Crippen molar-refractivity contribution >= 4 is 5.97 Å². The first kappa shape index (κ1) is 17.6. The lowest BCUT2D eigenvalue weighted by molar-refractivity contribution is -0.146. The number of benzene rings is 1. The monoisotopic (exact) mass is 338 g/mol. The van der Waals surface area contributed by atoms with Crippen LogP contribution in [0.5, 0.6) is 0 Å². The summed E-state index contributed by atoms with van der Waals surface area (Å²) in [5.74, 6) is -0.712. The standard InChI is InChI=1S/C21H26N2O2/c1-2-16-9-11-17(12-10-16)20(15-18-7-3-5-13-22-18)23-14-6-4-8-19(23)21(24)25/h3,5,7,9-13,19-20H,2,4,6,8,14-15H2,1H3,(H,24,25). The van der Waals surface area contributed by atoms with Gasteiger partial charge in [-0.05, 0) is 49.1 Å². The molecule has 25 heavy (non-hydrogen) atoms. The fourth-order valence-electron chi connectivity index (χ4n) is 3.71. The molecule has 0 bridgehead atoms. The van der Waals surface area contributed by atoms with Crippen molar-refractivity contribution < 1.29 is 9.90 Å². The molecular formula is C21H26N2O2. The van der Waals surface area contributed by atoms with E-state index in [-0.39, 0.29) is 6.04 Å². The number of rotatable bonds is 6. The molecule has 3 rings (SSSR count). The maximum Gasteiger partial charge on any atom is 0.320 e. The van der Waals surface area contributed by atoms with Crippen LogP contribution in [0.25, 0.3) is 0 Å². The molecule has 2 aromatic rings. The molecule has 1 aromatic carbocycles. The van der Waals surface area contributed by atoms with Gasteiger partial charge >= 0.3 is 5.97 Å². The van der Waals surface area contributed by atoms with E-state index >= 15 is 0 Å². The molecule has 2 unspecified atom stereocenters. The largest absolute Gasteiger partial charge is 0.480 e. The van der Waals surface area contributed by atoms with Gasteiger partial charge < -0.3 is 5.11 Å². The highest BCUT2D eigenvalue weighted by atomic mass is 16.4. The Kier molecular flexibility index (Phi) is 5.82. The summed E-state index contributed by atoms with van der Waals surface area (Å²) in [4.78, 5) is 18.4. The van der Waals surface area contributed by atoms with Crippen LogP contribution in [0.15, 0.2) is 48.7 Å². The van der Waals surface area contributed by atoms with Crippen molar-refractivity contribution in [3.63, 3.8) is 0 Å². The summed E-state index contributed by atoms with van der Waals surface area (Å²) in [6.45, 7) is 2.97. The average Bonchev–Trinajstić information content (AvgIpc) is 2.67. The Bertz CT molecular complexity index is 685. The van der Waals surface area contributed by atoms with Crippen molar-refractivity contribution in [2.24, 2.45) is 0 Å². The number of carboxylic acid groups (broad SMARTS) is 1. The van der Waals surface area contributed by atoms with Gasteiger partial charge in [-0.15, -0.1) is 0 Å². The third-order valence-electron chi connectivity index (χ3n) is 5.13. The van der Waals surface area contributed by atoms with E-state index < -0.39 is 12.0 Å². The quantitative estimate of drug-likeness (QED) is 0.869. The molecule has 0 amide bonds. The van der Waals surface area contributed by atoms with Crippen molar-refractivity contribution in [3.8, 4) is 0 Å². The molecule has 1 N–H and O–H groups in total. The molecule has 1 fully saturated rings. The second-order valence-electron chi connectivity index (χ2n) is 6.72. The fourth-order valence-corrected chi connectivity index (χ4v) is 3.71. The first-order chi connectivity index (χ1) is 12.2. The summed E-state index contributed by atoms with van der Waals surface area (Å²) in [6.07, 6.45) is 6.30. The van der Waals surface area contributed by atoms with Gasteiger partial charge in [0, 0.05) is 24.4 Å². The van der Waals surface area contributed by atoms with Crippen LogP contribution in [0, 0.1) is 0 Å². The van der Waals surface area contributed by atoms with Gasteiger partial charge in [0.05, 0.1) is 0 Å². The van der Waals surface area contributed by atoms with Crippen molar-refractivity contribution in [2.75, 3.05) is 6.54 Å². The minimum atomic E-state index is -0.712. The number of hydrogen-bond donors (Lipinski definition) is 1. The molecule has 1 aliphatic rings. The zero-order valence-corrected chi connectivity index (χ0v) is 14.8. The minimum Gasteiger partial charge on any atom is -0.480 e. The predicted molar refractivity (Wildman–Crippen MR) is 98.5 cm³/mol. The molecular weight excluding hydrogens is 312 g/mol. The Balaban J connectivity index is 1.93. The summed E-state index contributed by atoms with van der Waals surface area (Å²) in [7, 11) is 0. The Morgan fingerprint density at radius 2 is 2.04 bits per heavy atom. The lowest BCUT2D eigenvalue weighted by Crippen LogP contribution is -2.47. The van der Waals surface area contributed by atoms with E-state index in [0.717, 1.165) is 44.3 Å². The highest BCUT2D eigenvalue weighted by Gasteiger charge is 2.34. The number of carboxylic acids is 1. The number of aryl methyl sites for hydroxylation is 1. The maximum atomic E-state index is 11.8.